The zero-order chi connectivity index (χ0) is 20.3. The van der Waals surface area contributed by atoms with E-state index in [1.165, 1.54) is 22.0 Å². The Kier molecular flexibility index (Phi) is 6.10. The summed E-state index contributed by atoms with van der Waals surface area (Å²) >= 11 is 4.62. The molecule has 6 nitrogen and oxygen atoms in total. The van der Waals surface area contributed by atoms with E-state index in [0.717, 1.165) is 15.7 Å². The van der Waals surface area contributed by atoms with Crippen LogP contribution in [0.4, 0.5) is 5.69 Å². The molecule has 0 fully saturated rings. The maximum Gasteiger partial charge on any atom is 0.234 e. The Morgan fingerprint density at radius 1 is 1.18 bits per heavy atom. The largest absolute Gasteiger partial charge is 0.335 e. The number of hydrogen-bond acceptors (Lipinski definition) is 5. The number of aromatic nitrogens is 3. The summed E-state index contributed by atoms with van der Waals surface area (Å²) in [5.41, 5.74) is 2.93. The molecule has 1 heterocycles. The summed E-state index contributed by atoms with van der Waals surface area (Å²) < 4.78 is 2.32. The number of carbonyl (C=O) groups is 1. The number of hydrogen-bond donors (Lipinski definition) is 2. The van der Waals surface area contributed by atoms with Gasteiger partial charge in [-0.3, -0.25) is 4.79 Å². The number of halogens is 1. The third-order valence-electron chi connectivity index (χ3n) is 4.11. The van der Waals surface area contributed by atoms with Crippen molar-refractivity contribution < 1.29 is 4.79 Å². The molecule has 0 unspecified atom stereocenters. The van der Waals surface area contributed by atoms with Gasteiger partial charge in [0.15, 0.2) is 5.82 Å². The van der Waals surface area contributed by atoms with Crippen molar-refractivity contribution in [2.75, 3.05) is 16.9 Å². The van der Waals surface area contributed by atoms with E-state index >= 15 is 0 Å². The fraction of sp³-hybridized carbons (Fsp3) is 0.250. The SMILES string of the molecule is CC(C)(C)c1ccc(-c2nnc(SCC(=O)Nc3cccc(Br)c3)n2N)cc1. The first-order valence-electron chi connectivity index (χ1n) is 8.73. The van der Waals surface area contributed by atoms with Crippen LogP contribution in [0.15, 0.2) is 58.2 Å². The fourth-order valence-corrected chi connectivity index (χ4v) is 3.64. The molecule has 0 bridgehead atoms. The van der Waals surface area contributed by atoms with Gasteiger partial charge in [-0.25, -0.2) is 4.68 Å². The molecule has 0 atom stereocenters. The molecule has 0 aliphatic heterocycles. The normalized spacial score (nSPS) is 11.4. The number of anilines is 1. The zero-order valence-corrected chi connectivity index (χ0v) is 18.3. The zero-order valence-electron chi connectivity index (χ0n) is 15.9. The number of benzene rings is 2. The highest BCUT2D eigenvalue weighted by atomic mass is 79.9. The van der Waals surface area contributed by atoms with Crippen LogP contribution in [0.25, 0.3) is 11.4 Å². The quantitative estimate of drug-likeness (QED) is 0.434. The summed E-state index contributed by atoms with van der Waals surface area (Å²) in [6.45, 7) is 6.50. The molecule has 0 aliphatic carbocycles. The van der Waals surface area contributed by atoms with Gasteiger partial charge < -0.3 is 11.2 Å². The van der Waals surface area contributed by atoms with E-state index in [0.29, 0.717) is 11.0 Å². The Balaban J connectivity index is 1.65. The maximum absolute atomic E-state index is 12.2. The number of nitrogen functional groups attached to an aromatic ring is 1. The summed E-state index contributed by atoms with van der Waals surface area (Å²) in [5.74, 6) is 6.76. The minimum atomic E-state index is -0.137. The van der Waals surface area contributed by atoms with E-state index in [1.807, 2.05) is 36.4 Å². The number of nitrogens with one attached hydrogen (secondary N) is 1. The van der Waals surface area contributed by atoms with Crippen molar-refractivity contribution in [2.45, 2.75) is 31.3 Å². The molecular formula is C20H22BrN5OS. The lowest BCUT2D eigenvalue weighted by Crippen LogP contribution is -2.16. The number of nitrogens with two attached hydrogens (primary N) is 1. The lowest BCUT2D eigenvalue weighted by atomic mass is 9.87. The van der Waals surface area contributed by atoms with Gasteiger partial charge in [0.2, 0.25) is 11.1 Å². The summed E-state index contributed by atoms with van der Waals surface area (Å²) in [5, 5.41) is 11.6. The van der Waals surface area contributed by atoms with Crippen LogP contribution in [0.1, 0.15) is 26.3 Å². The van der Waals surface area contributed by atoms with Gasteiger partial charge in [0, 0.05) is 15.7 Å². The van der Waals surface area contributed by atoms with Crippen LogP contribution in [0.3, 0.4) is 0 Å². The predicted octanol–water partition coefficient (Wildman–Crippen LogP) is 4.45. The number of amides is 1. The smallest absolute Gasteiger partial charge is 0.234 e. The molecule has 0 spiro atoms. The molecule has 2 aromatic carbocycles. The average molecular weight is 460 g/mol. The number of nitrogens with zero attached hydrogens (tertiary/aromatic N) is 3. The molecule has 8 heteroatoms. The second-order valence-electron chi connectivity index (χ2n) is 7.35. The molecule has 0 saturated carbocycles. The molecule has 1 amide bonds. The molecule has 3 rings (SSSR count). The Bertz CT molecular complexity index is 979. The van der Waals surface area contributed by atoms with Gasteiger partial charge in [-0.15, -0.1) is 10.2 Å². The van der Waals surface area contributed by atoms with Crippen molar-refractivity contribution in [1.82, 2.24) is 14.9 Å². The van der Waals surface area contributed by atoms with Gasteiger partial charge in [-0.1, -0.05) is 78.8 Å². The minimum absolute atomic E-state index is 0.0810. The second kappa shape index (κ2) is 8.36. The molecular weight excluding hydrogens is 438 g/mol. The number of thioether (sulfide) groups is 1. The highest BCUT2D eigenvalue weighted by Gasteiger charge is 2.16. The molecule has 0 radical (unpaired) electrons. The maximum atomic E-state index is 12.2. The topological polar surface area (TPSA) is 85.8 Å². The first-order valence-corrected chi connectivity index (χ1v) is 10.5. The fourth-order valence-electron chi connectivity index (χ4n) is 2.59. The van der Waals surface area contributed by atoms with E-state index in [-0.39, 0.29) is 17.1 Å². The third-order valence-corrected chi connectivity index (χ3v) is 5.55. The Labute approximate surface area is 177 Å². The van der Waals surface area contributed by atoms with Gasteiger partial charge in [0.05, 0.1) is 5.75 Å². The Hall–Kier alpha value is -2.32. The molecule has 3 N–H and O–H groups in total. The van der Waals surface area contributed by atoms with E-state index in [4.69, 9.17) is 5.84 Å². The first-order chi connectivity index (χ1) is 13.2. The lowest BCUT2D eigenvalue weighted by Gasteiger charge is -2.19. The van der Waals surface area contributed by atoms with Crippen LogP contribution in [0, 0.1) is 0 Å². The lowest BCUT2D eigenvalue weighted by molar-refractivity contribution is -0.113. The van der Waals surface area contributed by atoms with Gasteiger partial charge >= 0.3 is 0 Å². The monoisotopic (exact) mass is 459 g/mol. The van der Waals surface area contributed by atoms with Crippen molar-refractivity contribution in [3.63, 3.8) is 0 Å². The standard InChI is InChI=1S/C20H22BrN5OS/c1-20(2,3)14-9-7-13(8-10-14)18-24-25-19(26(18)22)28-12-17(27)23-16-6-4-5-15(21)11-16/h4-11H,12,22H2,1-3H3,(H,23,27). The molecule has 146 valence electrons. The van der Waals surface area contributed by atoms with Crippen LogP contribution in [-0.4, -0.2) is 26.5 Å². The highest BCUT2D eigenvalue weighted by molar-refractivity contribution is 9.10. The molecule has 1 aromatic heterocycles. The van der Waals surface area contributed by atoms with Crippen molar-refractivity contribution in [1.29, 1.82) is 0 Å². The van der Waals surface area contributed by atoms with E-state index in [9.17, 15) is 4.79 Å². The molecule has 3 aromatic rings. The van der Waals surface area contributed by atoms with Gasteiger partial charge in [-0.05, 0) is 29.2 Å². The number of rotatable bonds is 5. The summed E-state index contributed by atoms with van der Waals surface area (Å²) in [7, 11) is 0. The molecule has 28 heavy (non-hydrogen) atoms. The van der Waals surface area contributed by atoms with Crippen LogP contribution in [0.2, 0.25) is 0 Å². The summed E-state index contributed by atoms with van der Waals surface area (Å²) in [4.78, 5) is 12.2. The molecule has 0 saturated heterocycles. The Morgan fingerprint density at radius 3 is 2.54 bits per heavy atom. The number of carbonyl (C=O) groups excluding carboxylic acids is 1. The summed E-state index contributed by atoms with van der Waals surface area (Å²) in [6, 6.07) is 15.6. The van der Waals surface area contributed by atoms with E-state index < -0.39 is 0 Å². The minimum Gasteiger partial charge on any atom is -0.335 e. The van der Waals surface area contributed by atoms with E-state index in [2.05, 4.69) is 64.3 Å². The van der Waals surface area contributed by atoms with Crippen molar-refractivity contribution in [3.05, 3.63) is 58.6 Å². The first kappa shape index (κ1) is 20.4. The second-order valence-corrected chi connectivity index (χ2v) is 9.21. The van der Waals surface area contributed by atoms with Crippen molar-refractivity contribution in [3.8, 4) is 11.4 Å². The highest BCUT2D eigenvalue weighted by Crippen LogP contribution is 2.26. The van der Waals surface area contributed by atoms with Gasteiger partial charge in [-0.2, -0.15) is 0 Å². The van der Waals surface area contributed by atoms with Crippen LogP contribution >= 0.6 is 27.7 Å². The Morgan fingerprint density at radius 2 is 1.89 bits per heavy atom. The van der Waals surface area contributed by atoms with Crippen molar-refractivity contribution in [2.24, 2.45) is 0 Å². The molecule has 0 aliphatic rings. The van der Waals surface area contributed by atoms with Crippen LogP contribution in [0.5, 0.6) is 0 Å². The van der Waals surface area contributed by atoms with Gasteiger partial charge in [0.25, 0.3) is 0 Å². The third kappa shape index (κ3) is 4.94. The summed E-state index contributed by atoms with van der Waals surface area (Å²) in [6.07, 6.45) is 0. The predicted molar refractivity (Wildman–Crippen MR) is 118 cm³/mol. The average Bonchev–Trinajstić information content (AvgIpc) is 3.00. The van der Waals surface area contributed by atoms with Crippen molar-refractivity contribution >= 4 is 39.3 Å². The van der Waals surface area contributed by atoms with Crippen LogP contribution < -0.4 is 11.2 Å². The van der Waals surface area contributed by atoms with E-state index in [1.54, 1.807) is 0 Å². The van der Waals surface area contributed by atoms with Crippen LogP contribution in [-0.2, 0) is 10.2 Å². The van der Waals surface area contributed by atoms with Gasteiger partial charge in [0.1, 0.15) is 0 Å².